The topological polar surface area (TPSA) is 73.3 Å². The molecule has 15 heavy (non-hydrogen) atoms. The first-order chi connectivity index (χ1) is 7.25. The van der Waals surface area contributed by atoms with Crippen LogP contribution < -0.4 is 11.4 Å². The number of fused-ring (bicyclic) bond motifs is 3. The maximum Gasteiger partial charge on any atom is 0.357 e. The number of thiazole rings is 1. The molecule has 2 aromatic heterocycles. The molecular weight excluding hydrogens is 212 g/mol. The molecule has 0 fully saturated rings. The molecule has 0 saturated heterocycles. The highest BCUT2D eigenvalue weighted by molar-refractivity contribution is 7.23. The Balaban J connectivity index is 2.67. The van der Waals surface area contributed by atoms with Gasteiger partial charge >= 0.3 is 5.69 Å². The minimum absolute atomic E-state index is 0.0200. The summed E-state index contributed by atoms with van der Waals surface area (Å²) in [4.78, 5) is 19.8. The van der Waals surface area contributed by atoms with Gasteiger partial charge in [0.1, 0.15) is 0 Å². The number of nitrogen functional groups attached to an aromatic ring is 1. The van der Waals surface area contributed by atoms with E-state index in [1.165, 1.54) is 15.7 Å². The van der Waals surface area contributed by atoms with Crippen LogP contribution in [0.25, 0.3) is 15.2 Å². The van der Waals surface area contributed by atoms with Crippen LogP contribution in [-0.2, 0) is 0 Å². The molecule has 0 saturated carbocycles. The first kappa shape index (κ1) is 8.37. The third kappa shape index (κ3) is 1.11. The van der Waals surface area contributed by atoms with Crippen molar-refractivity contribution in [3.05, 3.63) is 34.7 Å². The molecule has 0 unspecified atom stereocenters. The highest BCUT2D eigenvalue weighted by Gasteiger charge is 2.08. The quantitative estimate of drug-likeness (QED) is 0.608. The molecule has 0 atom stereocenters. The van der Waals surface area contributed by atoms with Crippen molar-refractivity contribution in [3.8, 4) is 0 Å². The van der Waals surface area contributed by atoms with Crippen molar-refractivity contribution in [2.24, 2.45) is 0 Å². The SMILES string of the molecule is Nc1nc(=O)n2c(n1)sc1ccccc12. The molecule has 0 aliphatic rings. The highest BCUT2D eigenvalue weighted by atomic mass is 32.1. The number of aromatic nitrogens is 3. The zero-order valence-corrected chi connectivity index (χ0v) is 8.36. The molecule has 3 aromatic rings. The minimum Gasteiger partial charge on any atom is -0.368 e. The van der Waals surface area contributed by atoms with Crippen molar-refractivity contribution in [1.82, 2.24) is 14.4 Å². The summed E-state index contributed by atoms with van der Waals surface area (Å²) in [6.07, 6.45) is 0. The lowest BCUT2D eigenvalue weighted by molar-refractivity contribution is 0.997. The molecule has 0 radical (unpaired) electrons. The summed E-state index contributed by atoms with van der Waals surface area (Å²) in [5, 5.41) is 0. The molecule has 0 amide bonds. The number of hydrogen-bond acceptors (Lipinski definition) is 5. The predicted molar refractivity (Wildman–Crippen MR) is 59.1 cm³/mol. The van der Waals surface area contributed by atoms with E-state index in [2.05, 4.69) is 9.97 Å². The van der Waals surface area contributed by atoms with Crippen LogP contribution in [0.1, 0.15) is 0 Å². The standard InChI is InChI=1S/C9H6N4OS/c10-7-11-8(14)13-5-3-1-2-4-6(5)15-9(13)12-7/h1-4H,(H2,10,11,14). The van der Waals surface area contributed by atoms with Gasteiger partial charge in [0.2, 0.25) is 10.9 Å². The zero-order chi connectivity index (χ0) is 10.4. The second-order valence-electron chi connectivity index (χ2n) is 3.05. The van der Waals surface area contributed by atoms with Gasteiger partial charge in [-0.15, -0.1) is 0 Å². The van der Waals surface area contributed by atoms with Gasteiger partial charge < -0.3 is 5.73 Å². The fourth-order valence-corrected chi connectivity index (χ4v) is 2.52. The largest absolute Gasteiger partial charge is 0.368 e. The van der Waals surface area contributed by atoms with Crippen LogP contribution in [0.5, 0.6) is 0 Å². The van der Waals surface area contributed by atoms with E-state index in [1.54, 1.807) is 0 Å². The van der Waals surface area contributed by atoms with E-state index in [0.717, 1.165) is 10.2 Å². The number of hydrogen-bond donors (Lipinski definition) is 1. The fourth-order valence-electron chi connectivity index (χ4n) is 1.50. The molecule has 0 spiro atoms. The average Bonchev–Trinajstić information content (AvgIpc) is 2.54. The summed E-state index contributed by atoms with van der Waals surface area (Å²) in [6, 6.07) is 7.58. The molecule has 3 rings (SSSR count). The van der Waals surface area contributed by atoms with Gasteiger partial charge in [0.25, 0.3) is 0 Å². The third-order valence-electron chi connectivity index (χ3n) is 2.11. The van der Waals surface area contributed by atoms with Crippen LogP contribution in [0.4, 0.5) is 5.95 Å². The van der Waals surface area contributed by atoms with Crippen LogP contribution in [0.15, 0.2) is 29.1 Å². The van der Waals surface area contributed by atoms with Crippen molar-refractivity contribution < 1.29 is 0 Å². The van der Waals surface area contributed by atoms with Gasteiger partial charge in [-0.3, -0.25) is 0 Å². The lowest BCUT2D eigenvalue weighted by atomic mass is 10.3. The lowest BCUT2D eigenvalue weighted by Crippen LogP contribution is -2.18. The Morgan fingerprint density at radius 2 is 2.07 bits per heavy atom. The van der Waals surface area contributed by atoms with Gasteiger partial charge in [0, 0.05) is 0 Å². The normalized spacial score (nSPS) is 11.2. The average molecular weight is 218 g/mol. The van der Waals surface area contributed by atoms with Gasteiger partial charge in [0.15, 0.2) is 0 Å². The molecule has 0 aliphatic heterocycles. The van der Waals surface area contributed by atoms with Crippen molar-refractivity contribution in [3.63, 3.8) is 0 Å². The maximum absolute atomic E-state index is 11.6. The van der Waals surface area contributed by atoms with Crippen molar-refractivity contribution in [2.45, 2.75) is 0 Å². The number of anilines is 1. The van der Waals surface area contributed by atoms with Gasteiger partial charge in [0.05, 0.1) is 10.2 Å². The number of benzene rings is 1. The molecular formula is C9H6N4OS. The Bertz CT molecular complexity index is 715. The van der Waals surface area contributed by atoms with E-state index in [1.807, 2.05) is 24.3 Å². The van der Waals surface area contributed by atoms with E-state index in [0.29, 0.717) is 4.96 Å². The Morgan fingerprint density at radius 3 is 2.93 bits per heavy atom. The van der Waals surface area contributed by atoms with E-state index < -0.39 is 0 Å². The highest BCUT2D eigenvalue weighted by Crippen LogP contribution is 2.22. The van der Waals surface area contributed by atoms with Crippen molar-refractivity contribution in [1.29, 1.82) is 0 Å². The van der Waals surface area contributed by atoms with Gasteiger partial charge in [-0.25, -0.2) is 9.20 Å². The summed E-state index contributed by atoms with van der Waals surface area (Å²) in [5.74, 6) is 0.0200. The van der Waals surface area contributed by atoms with Gasteiger partial charge in [-0.05, 0) is 12.1 Å². The van der Waals surface area contributed by atoms with E-state index in [4.69, 9.17) is 5.73 Å². The second kappa shape index (κ2) is 2.77. The third-order valence-corrected chi connectivity index (χ3v) is 3.13. The van der Waals surface area contributed by atoms with E-state index in [9.17, 15) is 4.79 Å². The second-order valence-corrected chi connectivity index (χ2v) is 4.06. The monoisotopic (exact) mass is 218 g/mol. The van der Waals surface area contributed by atoms with Crippen LogP contribution in [-0.4, -0.2) is 14.4 Å². The molecule has 5 nitrogen and oxygen atoms in total. The van der Waals surface area contributed by atoms with Crippen LogP contribution >= 0.6 is 11.3 Å². The van der Waals surface area contributed by atoms with Crippen LogP contribution in [0, 0.1) is 0 Å². The van der Waals surface area contributed by atoms with Gasteiger partial charge in [-0.2, -0.15) is 9.97 Å². The molecule has 6 heteroatoms. The summed E-state index contributed by atoms with van der Waals surface area (Å²) in [5.41, 5.74) is 5.86. The molecule has 2 N–H and O–H groups in total. The Morgan fingerprint density at radius 1 is 1.27 bits per heavy atom. The zero-order valence-electron chi connectivity index (χ0n) is 7.54. The minimum atomic E-state index is -0.380. The number of para-hydroxylation sites is 1. The Hall–Kier alpha value is -1.95. The smallest absolute Gasteiger partial charge is 0.357 e. The molecule has 74 valence electrons. The van der Waals surface area contributed by atoms with Crippen LogP contribution in [0.2, 0.25) is 0 Å². The molecule has 0 aliphatic carbocycles. The fraction of sp³-hybridized carbons (Fsp3) is 0. The summed E-state index contributed by atoms with van der Waals surface area (Å²) < 4.78 is 2.46. The molecule has 1 aromatic carbocycles. The van der Waals surface area contributed by atoms with Crippen molar-refractivity contribution in [2.75, 3.05) is 5.73 Å². The summed E-state index contributed by atoms with van der Waals surface area (Å²) >= 11 is 1.42. The summed E-state index contributed by atoms with van der Waals surface area (Å²) in [7, 11) is 0. The molecule has 0 bridgehead atoms. The lowest BCUT2D eigenvalue weighted by Gasteiger charge is -1.93. The first-order valence-corrected chi connectivity index (χ1v) is 5.11. The Labute approximate surface area is 87.8 Å². The number of nitrogens with zero attached hydrogens (tertiary/aromatic N) is 3. The Kier molecular flexibility index (Phi) is 1.54. The van der Waals surface area contributed by atoms with E-state index >= 15 is 0 Å². The molecule has 2 heterocycles. The maximum atomic E-state index is 11.6. The predicted octanol–water partition coefficient (Wildman–Crippen LogP) is 0.886. The summed E-state index contributed by atoms with van der Waals surface area (Å²) in [6.45, 7) is 0. The van der Waals surface area contributed by atoms with E-state index in [-0.39, 0.29) is 11.6 Å². The first-order valence-electron chi connectivity index (χ1n) is 4.29. The number of rotatable bonds is 0. The van der Waals surface area contributed by atoms with Crippen LogP contribution in [0.3, 0.4) is 0 Å². The van der Waals surface area contributed by atoms with Crippen molar-refractivity contribution >= 4 is 32.5 Å². The van der Waals surface area contributed by atoms with Gasteiger partial charge in [-0.1, -0.05) is 23.5 Å². The number of nitrogens with two attached hydrogens (primary N) is 1.